The molecule has 0 aliphatic rings. The number of nitrogens with one attached hydrogen (secondary N) is 2. The molecule has 3 aromatic rings. The zero-order valence-electron chi connectivity index (χ0n) is 13.3. The van der Waals surface area contributed by atoms with E-state index in [1.807, 2.05) is 55.5 Å². The van der Waals surface area contributed by atoms with Gasteiger partial charge in [-0.3, -0.25) is 9.89 Å². The van der Waals surface area contributed by atoms with Gasteiger partial charge in [-0.25, -0.2) is 4.98 Å². The van der Waals surface area contributed by atoms with E-state index in [0.717, 1.165) is 22.7 Å². The van der Waals surface area contributed by atoms with Gasteiger partial charge in [0.1, 0.15) is 23.7 Å². The van der Waals surface area contributed by atoms with E-state index in [2.05, 4.69) is 20.5 Å². The van der Waals surface area contributed by atoms with Gasteiger partial charge >= 0.3 is 0 Å². The van der Waals surface area contributed by atoms with Gasteiger partial charge in [-0.15, -0.1) is 0 Å². The van der Waals surface area contributed by atoms with Crippen molar-refractivity contribution < 1.29 is 9.53 Å². The van der Waals surface area contributed by atoms with Gasteiger partial charge in [-0.1, -0.05) is 12.1 Å². The largest absolute Gasteiger partial charge is 0.457 e. The van der Waals surface area contributed by atoms with Gasteiger partial charge in [-0.2, -0.15) is 5.10 Å². The average Bonchev–Trinajstić information content (AvgIpc) is 3.08. The number of rotatable bonds is 6. The number of hydrogen-bond acceptors (Lipinski definition) is 4. The van der Waals surface area contributed by atoms with Crippen molar-refractivity contribution in [2.45, 2.75) is 19.8 Å². The molecule has 0 unspecified atom stereocenters. The highest BCUT2D eigenvalue weighted by molar-refractivity contribution is 5.90. The zero-order valence-corrected chi connectivity index (χ0v) is 13.3. The number of anilines is 1. The predicted molar refractivity (Wildman–Crippen MR) is 91.0 cm³/mol. The normalized spacial score (nSPS) is 10.4. The van der Waals surface area contributed by atoms with Gasteiger partial charge in [-0.05, 0) is 48.9 Å². The molecule has 6 nitrogen and oxygen atoms in total. The molecule has 2 aromatic carbocycles. The second-order valence-corrected chi connectivity index (χ2v) is 5.42. The molecule has 1 heterocycles. The van der Waals surface area contributed by atoms with Crippen LogP contribution in [0.4, 0.5) is 5.69 Å². The third-order valence-corrected chi connectivity index (χ3v) is 3.42. The molecule has 2 N–H and O–H groups in total. The fourth-order valence-electron chi connectivity index (χ4n) is 2.23. The molecule has 0 saturated carbocycles. The maximum absolute atomic E-state index is 11.9. The molecular weight excluding hydrogens is 304 g/mol. The molecule has 24 heavy (non-hydrogen) atoms. The summed E-state index contributed by atoms with van der Waals surface area (Å²) in [6, 6.07) is 15.1. The Morgan fingerprint density at radius 1 is 1.17 bits per heavy atom. The number of carbonyl (C=O) groups excluding carboxylic acids is 1. The van der Waals surface area contributed by atoms with Gasteiger partial charge in [0, 0.05) is 18.5 Å². The molecule has 1 amide bonds. The van der Waals surface area contributed by atoms with E-state index in [0.29, 0.717) is 18.7 Å². The van der Waals surface area contributed by atoms with Crippen molar-refractivity contribution in [3.8, 4) is 11.5 Å². The minimum absolute atomic E-state index is 0.0706. The van der Waals surface area contributed by atoms with Crippen molar-refractivity contribution in [1.82, 2.24) is 15.2 Å². The lowest BCUT2D eigenvalue weighted by atomic mass is 10.2. The first-order valence-electron chi connectivity index (χ1n) is 7.68. The number of ether oxygens (including phenoxy) is 1. The number of aromatic nitrogens is 3. The molecule has 1 aromatic heterocycles. The standard InChI is InChI=1S/C18H18N4O2/c1-13-3-2-4-16(11-13)24-15-7-5-14(6-8-15)21-18(23)10-9-17-19-12-20-22-17/h2-8,11-12H,9-10H2,1H3,(H,21,23)(H,19,20,22). The second-order valence-electron chi connectivity index (χ2n) is 5.42. The summed E-state index contributed by atoms with van der Waals surface area (Å²) in [7, 11) is 0. The lowest BCUT2D eigenvalue weighted by molar-refractivity contribution is -0.116. The van der Waals surface area contributed by atoms with Crippen molar-refractivity contribution in [3.63, 3.8) is 0 Å². The minimum atomic E-state index is -0.0706. The SMILES string of the molecule is Cc1cccc(Oc2ccc(NC(=O)CCc3ncn[nH]3)cc2)c1. The summed E-state index contributed by atoms with van der Waals surface area (Å²) >= 11 is 0. The number of aromatic amines is 1. The van der Waals surface area contributed by atoms with Gasteiger partial charge in [0.2, 0.25) is 5.91 Å². The van der Waals surface area contributed by atoms with Crippen molar-refractivity contribution in [1.29, 1.82) is 0 Å². The molecule has 0 saturated heterocycles. The maximum atomic E-state index is 11.9. The van der Waals surface area contributed by atoms with Crippen LogP contribution >= 0.6 is 0 Å². The van der Waals surface area contributed by atoms with Crippen LogP contribution in [0.15, 0.2) is 54.9 Å². The molecule has 0 fully saturated rings. The molecule has 0 aliphatic carbocycles. The highest BCUT2D eigenvalue weighted by Gasteiger charge is 2.05. The zero-order chi connectivity index (χ0) is 16.8. The van der Waals surface area contributed by atoms with Crippen LogP contribution in [0, 0.1) is 6.92 Å². The van der Waals surface area contributed by atoms with Crippen molar-refractivity contribution >= 4 is 11.6 Å². The van der Waals surface area contributed by atoms with Crippen LogP contribution in [0.3, 0.4) is 0 Å². The molecule has 0 atom stereocenters. The number of carbonyl (C=O) groups is 1. The van der Waals surface area contributed by atoms with E-state index in [1.54, 1.807) is 0 Å². The van der Waals surface area contributed by atoms with E-state index in [4.69, 9.17) is 4.74 Å². The van der Waals surface area contributed by atoms with Crippen molar-refractivity contribution in [3.05, 3.63) is 66.2 Å². The van der Waals surface area contributed by atoms with Gasteiger partial charge < -0.3 is 10.1 Å². The average molecular weight is 322 g/mol. The van der Waals surface area contributed by atoms with Gasteiger partial charge in [0.15, 0.2) is 0 Å². The minimum Gasteiger partial charge on any atom is -0.457 e. The fourth-order valence-corrected chi connectivity index (χ4v) is 2.23. The van der Waals surface area contributed by atoms with E-state index in [-0.39, 0.29) is 5.91 Å². The van der Waals surface area contributed by atoms with E-state index >= 15 is 0 Å². The molecular formula is C18H18N4O2. The highest BCUT2D eigenvalue weighted by Crippen LogP contribution is 2.23. The van der Waals surface area contributed by atoms with Crippen LogP contribution in [0.1, 0.15) is 17.8 Å². The van der Waals surface area contributed by atoms with Crippen LogP contribution in [-0.4, -0.2) is 21.1 Å². The smallest absolute Gasteiger partial charge is 0.224 e. The molecule has 0 bridgehead atoms. The number of hydrogen-bond donors (Lipinski definition) is 2. The summed E-state index contributed by atoms with van der Waals surface area (Å²) in [4.78, 5) is 15.9. The third-order valence-electron chi connectivity index (χ3n) is 3.42. The lowest BCUT2D eigenvalue weighted by Gasteiger charge is -2.08. The number of H-pyrrole nitrogens is 1. The van der Waals surface area contributed by atoms with E-state index in [9.17, 15) is 4.79 Å². The molecule has 0 radical (unpaired) electrons. The fraction of sp³-hybridized carbons (Fsp3) is 0.167. The Bertz CT molecular complexity index is 798. The van der Waals surface area contributed by atoms with Gasteiger partial charge in [0.05, 0.1) is 0 Å². The lowest BCUT2D eigenvalue weighted by Crippen LogP contribution is -2.12. The predicted octanol–water partition coefficient (Wildman–Crippen LogP) is 3.48. The van der Waals surface area contributed by atoms with Crippen LogP contribution in [0.2, 0.25) is 0 Å². The molecule has 6 heteroatoms. The summed E-state index contributed by atoms with van der Waals surface area (Å²) in [6.07, 6.45) is 2.30. The Morgan fingerprint density at radius 3 is 2.71 bits per heavy atom. The number of amides is 1. The first kappa shape index (κ1) is 15.7. The summed E-state index contributed by atoms with van der Waals surface area (Å²) in [5.41, 5.74) is 1.87. The summed E-state index contributed by atoms with van der Waals surface area (Å²) in [6.45, 7) is 2.02. The Hall–Kier alpha value is -3.15. The molecule has 0 spiro atoms. The van der Waals surface area contributed by atoms with Crippen LogP contribution in [0.25, 0.3) is 0 Å². The maximum Gasteiger partial charge on any atom is 0.224 e. The molecule has 122 valence electrons. The van der Waals surface area contributed by atoms with Crippen LogP contribution < -0.4 is 10.1 Å². The van der Waals surface area contributed by atoms with E-state index in [1.165, 1.54) is 6.33 Å². The first-order valence-corrected chi connectivity index (χ1v) is 7.68. The van der Waals surface area contributed by atoms with Crippen molar-refractivity contribution in [2.24, 2.45) is 0 Å². The summed E-state index contributed by atoms with van der Waals surface area (Å²) in [5.74, 6) is 2.14. The quantitative estimate of drug-likeness (QED) is 0.728. The highest BCUT2D eigenvalue weighted by atomic mass is 16.5. The Labute approximate surface area is 139 Å². The van der Waals surface area contributed by atoms with Crippen LogP contribution in [-0.2, 0) is 11.2 Å². The van der Waals surface area contributed by atoms with E-state index < -0.39 is 0 Å². The third kappa shape index (κ3) is 4.42. The summed E-state index contributed by atoms with van der Waals surface area (Å²) < 4.78 is 5.78. The second kappa shape index (κ2) is 7.41. The summed E-state index contributed by atoms with van der Waals surface area (Å²) in [5, 5.41) is 9.33. The Morgan fingerprint density at radius 2 is 2.00 bits per heavy atom. The molecule has 3 rings (SSSR count). The van der Waals surface area contributed by atoms with Crippen molar-refractivity contribution in [2.75, 3.05) is 5.32 Å². The van der Waals surface area contributed by atoms with Crippen LogP contribution in [0.5, 0.6) is 11.5 Å². The number of aryl methyl sites for hydroxylation is 2. The monoisotopic (exact) mass is 322 g/mol. The Balaban J connectivity index is 1.53. The number of benzene rings is 2. The Kier molecular flexibility index (Phi) is 4.86. The van der Waals surface area contributed by atoms with Gasteiger partial charge in [0.25, 0.3) is 0 Å². The molecule has 0 aliphatic heterocycles. The number of nitrogens with zero attached hydrogens (tertiary/aromatic N) is 2. The topological polar surface area (TPSA) is 79.9 Å². The first-order chi connectivity index (χ1) is 11.7.